The van der Waals surface area contributed by atoms with E-state index in [1.807, 2.05) is 31.2 Å². The molecular weight excluding hydrogens is 254 g/mol. The fraction of sp³-hybridized carbons (Fsp3) is 0.0667. The molecule has 1 aromatic carbocycles. The van der Waals surface area contributed by atoms with Crippen LogP contribution in [0.25, 0.3) is 11.0 Å². The number of para-hydroxylation sites is 1. The van der Waals surface area contributed by atoms with E-state index in [1.54, 1.807) is 18.2 Å². The zero-order valence-electron chi connectivity index (χ0n) is 10.8. The summed E-state index contributed by atoms with van der Waals surface area (Å²) in [6.45, 7) is 1.84. The van der Waals surface area contributed by atoms with E-state index in [1.165, 1.54) is 0 Å². The highest BCUT2D eigenvalue weighted by atomic mass is 16.5. The molecule has 0 spiro atoms. The quantitative estimate of drug-likeness (QED) is 0.767. The van der Waals surface area contributed by atoms with Crippen LogP contribution >= 0.6 is 0 Å². The number of anilines is 1. The number of aromatic nitrogens is 1. The van der Waals surface area contributed by atoms with Crippen molar-refractivity contribution in [1.82, 2.24) is 4.98 Å². The molecule has 0 unspecified atom stereocenters. The predicted molar refractivity (Wildman–Crippen MR) is 74.4 cm³/mol. The van der Waals surface area contributed by atoms with E-state index in [0.29, 0.717) is 22.4 Å². The van der Waals surface area contributed by atoms with Gasteiger partial charge in [0.05, 0.1) is 11.1 Å². The summed E-state index contributed by atoms with van der Waals surface area (Å²) >= 11 is 0. The van der Waals surface area contributed by atoms with Crippen LogP contribution in [0.2, 0.25) is 0 Å². The Kier molecular flexibility index (Phi) is 2.77. The van der Waals surface area contributed by atoms with Crippen molar-refractivity contribution in [3.8, 4) is 17.7 Å². The lowest BCUT2D eigenvalue weighted by atomic mass is 10.2. The van der Waals surface area contributed by atoms with Gasteiger partial charge in [-0.05, 0) is 31.2 Å². The molecule has 0 atom stereocenters. The van der Waals surface area contributed by atoms with Gasteiger partial charge in [-0.15, -0.1) is 0 Å². The summed E-state index contributed by atoms with van der Waals surface area (Å²) in [7, 11) is 0. The molecule has 0 radical (unpaired) electrons. The van der Waals surface area contributed by atoms with Crippen LogP contribution in [-0.4, -0.2) is 4.98 Å². The van der Waals surface area contributed by atoms with E-state index in [-0.39, 0.29) is 11.6 Å². The summed E-state index contributed by atoms with van der Waals surface area (Å²) in [5, 5.41) is 9.86. The van der Waals surface area contributed by atoms with Crippen molar-refractivity contribution >= 4 is 16.7 Å². The number of hydrogen-bond donors (Lipinski definition) is 1. The van der Waals surface area contributed by atoms with Gasteiger partial charge in [0, 0.05) is 5.69 Å². The lowest BCUT2D eigenvalue weighted by molar-refractivity contribution is 0.452. The average molecular weight is 265 g/mol. The minimum absolute atomic E-state index is 0.105. The first kappa shape index (κ1) is 12.1. The van der Waals surface area contributed by atoms with Crippen molar-refractivity contribution in [1.29, 1.82) is 5.26 Å². The van der Waals surface area contributed by atoms with Crippen molar-refractivity contribution < 1.29 is 9.15 Å². The Morgan fingerprint density at radius 2 is 2.05 bits per heavy atom. The first-order valence-electron chi connectivity index (χ1n) is 6.01. The van der Waals surface area contributed by atoms with Gasteiger partial charge in [-0.1, -0.05) is 12.1 Å². The van der Waals surface area contributed by atoms with Gasteiger partial charge in [-0.2, -0.15) is 5.26 Å². The number of rotatable bonds is 2. The minimum atomic E-state index is 0.105. The molecular formula is C15H11N3O2. The van der Waals surface area contributed by atoms with E-state index >= 15 is 0 Å². The molecule has 2 heterocycles. The topological polar surface area (TPSA) is 85.1 Å². The van der Waals surface area contributed by atoms with Gasteiger partial charge in [-0.25, -0.2) is 4.98 Å². The third kappa shape index (κ3) is 1.93. The molecule has 5 nitrogen and oxygen atoms in total. The van der Waals surface area contributed by atoms with Crippen LogP contribution in [0.15, 0.2) is 40.8 Å². The zero-order valence-corrected chi connectivity index (χ0v) is 10.8. The molecule has 3 rings (SSSR count). The first-order chi connectivity index (χ1) is 9.69. The summed E-state index contributed by atoms with van der Waals surface area (Å²) in [6.07, 6.45) is 0. The normalized spacial score (nSPS) is 10.4. The van der Waals surface area contributed by atoms with Crippen molar-refractivity contribution in [3.63, 3.8) is 0 Å². The fourth-order valence-corrected chi connectivity index (χ4v) is 1.92. The maximum atomic E-state index is 9.15. The second kappa shape index (κ2) is 4.59. The number of aryl methyl sites for hydroxylation is 1. The van der Waals surface area contributed by atoms with Crippen LogP contribution in [0.3, 0.4) is 0 Å². The van der Waals surface area contributed by atoms with Crippen LogP contribution in [0.5, 0.6) is 11.6 Å². The minimum Gasteiger partial charge on any atom is -0.442 e. The van der Waals surface area contributed by atoms with Crippen molar-refractivity contribution in [2.75, 3.05) is 5.73 Å². The van der Waals surface area contributed by atoms with Crippen LogP contribution in [0.4, 0.5) is 5.69 Å². The monoisotopic (exact) mass is 265 g/mol. The van der Waals surface area contributed by atoms with Gasteiger partial charge < -0.3 is 14.9 Å². The number of pyridine rings is 1. The van der Waals surface area contributed by atoms with Gasteiger partial charge in [-0.3, -0.25) is 0 Å². The third-order valence-electron chi connectivity index (χ3n) is 2.88. The summed E-state index contributed by atoms with van der Waals surface area (Å²) in [4.78, 5) is 4.23. The maximum absolute atomic E-state index is 9.15. The molecule has 0 aliphatic rings. The Bertz CT molecular complexity index is 831. The number of fused-ring (bicyclic) bond motifs is 1. The number of nitriles is 1. The van der Waals surface area contributed by atoms with Gasteiger partial charge in [0.2, 0.25) is 11.6 Å². The first-order valence-corrected chi connectivity index (χ1v) is 6.01. The summed E-state index contributed by atoms with van der Waals surface area (Å²) in [6, 6.07) is 12.8. The van der Waals surface area contributed by atoms with Crippen LogP contribution < -0.4 is 10.5 Å². The lowest BCUT2D eigenvalue weighted by Gasteiger charge is -2.06. The molecule has 2 aromatic heterocycles. The Labute approximate surface area is 115 Å². The standard InChI is InChI=1S/C15H11N3O2/c1-9-6-7-11(17)15(18-9)20-14-10-4-2-3-5-12(10)19-13(14)8-16/h2-7H,17H2,1H3. The van der Waals surface area contributed by atoms with Crippen molar-refractivity contribution in [2.45, 2.75) is 6.92 Å². The van der Waals surface area contributed by atoms with Crippen LogP contribution in [-0.2, 0) is 0 Å². The summed E-state index contributed by atoms with van der Waals surface area (Å²) < 4.78 is 11.1. The van der Waals surface area contributed by atoms with Gasteiger partial charge in [0.25, 0.3) is 0 Å². The highest BCUT2D eigenvalue weighted by Gasteiger charge is 2.17. The Hall–Kier alpha value is -3.00. The molecule has 0 bridgehead atoms. The second-order valence-corrected chi connectivity index (χ2v) is 4.32. The number of furan rings is 1. The van der Waals surface area contributed by atoms with Gasteiger partial charge in [0.1, 0.15) is 11.7 Å². The molecule has 5 heteroatoms. The molecule has 2 N–H and O–H groups in total. The van der Waals surface area contributed by atoms with E-state index in [9.17, 15) is 0 Å². The molecule has 3 aromatic rings. The Morgan fingerprint density at radius 1 is 1.25 bits per heavy atom. The van der Waals surface area contributed by atoms with Crippen molar-refractivity contribution in [2.24, 2.45) is 0 Å². The number of hydrogen-bond acceptors (Lipinski definition) is 5. The number of nitrogens with zero attached hydrogens (tertiary/aromatic N) is 2. The Morgan fingerprint density at radius 3 is 2.85 bits per heavy atom. The van der Waals surface area contributed by atoms with E-state index in [4.69, 9.17) is 20.1 Å². The largest absolute Gasteiger partial charge is 0.442 e. The third-order valence-corrected chi connectivity index (χ3v) is 2.88. The molecule has 98 valence electrons. The highest BCUT2D eigenvalue weighted by molar-refractivity contribution is 5.86. The fourth-order valence-electron chi connectivity index (χ4n) is 1.92. The SMILES string of the molecule is Cc1ccc(N)c(Oc2c(C#N)oc3ccccc23)n1. The number of nitrogens with two attached hydrogens (primary N) is 1. The smallest absolute Gasteiger partial charge is 0.247 e. The highest BCUT2D eigenvalue weighted by Crippen LogP contribution is 2.36. The second-order valence-electron chi connectivity index (χ2n) is 4.32. The molecule has 0 saturated heterocycles. The lowest BCUT2D eigenvalue weighted by Crippen LogP contribution is -1.96. The number of nitrogen functional groups attached to an aromatic ring is 1. The molecule has 0 amide bonds. The maximum Gasteiger partial charge on any atom is 0.247 e. The Balaban J connectivity index is 2.15. The summed E-state index contributed by atoms with van der Waals surface area (Å²) in [5.41, 5.74) is 7.61. The molecule has 0 aliphatic carbocycles. The average Bonchev–Trinajstić information content (AvgIpc) is 2.81. The van der Waals surface area contributed by atoms with Gasteiger partial charge in [0.15, 0.2) is 5.75 Å². The van der Waals surface area contributed by atoms with Crippen molar-refractivity contribution in [3.05, 3.63) is 47.9 Å². The van der Waals surface area contributed by atoms with E-state index < -0.39 is 0 Å². The number of benzene rings is 1. The van der Waals surface area contributed by atoms with E-state index in [2.05, 4.69) is 4.98 Å². The molecule has 0 aliphatic heterocycles. The summed E-state index contributed by atoms with van der Waals surface area (Å²) in [5.74, 6) is 0.717. The molecule has 0 saturated carbocycles. The van der Waals surface area contributed by atoms with Gasteiger partial charge >= 0.3 is 0 Å². The predicted octanol–water partition coefficient (Wildman–Crippen LogP) is 3.38. The number of ether oxygens (including phenoxy) is 1. The molecule has 0 fully saturated rings. The molecule has 20 heavy (non-hydrogen) atoms. The van der Waals surface area contributed by atoms with E-state index in [0.717, 1.165) is 5.69 Å². The van der Waals surface area contributed by atoms with Crippen LogP contribution in [0.1, 0.15) is 11.5 Å². The zero-order chi connectivity index (χ0) is 14.1. The van der Waals surface area contributed by atoms with Crippen LogP contribution in [0, 0.1) is 18.3 Å².